The maximum absolute atomic E-state index is 9.27. The highest BCUT2D eigenvalue weighted by atomic mass is 16.5. The molecule has 0 heterocycles. The average Bonchev–Trinajstić information content (AvgIpc) is 2.19. The van der Waals surface area contributed by atoms with E-state index in [0.717, 1.165) is 24.3 Å². The van der Waals surface area contributed by atoms with E-state index >= 15 is 0 Å². The number of benzene rings is 1. The number of ether oxygens (including phenoxy) is 1. The standard InChI is InChI=1S/C12H19NO2/c1-9-8-11(14)4-5-12(9)13-10(2)6-7-15-3/h4-5,8,10,13-14H,6-7H2,1-3H3. The largest absolute Gasteiger partial charge is 0.508 e. The molecule has 1 aromatic carbocycles. The normalized spacial score (nSPS) is 12.5. The van der Waals surface area contributed by atoms with Crippen molar-refractivity contribution in [3.8, 4) is 5.75 Å². The maximum atomic E-state index is 9.27. The molecule has 1 unspecified atom stereocenters. The van der Waals surface area contributed by atoms with Crippen molar-refractivity contribution in [2.24, 2.45) is 0 Å². The molecule has 3 nitrogen and oxygen atoms in total. The fraction of sp³-hybridized carbons (Fsp3) is 0.500. The van der Waals surface area contributed by atoms with Gasteiger partial charge in [-0.25, -0.2) is 0 Å². The molecule has 0 aliphatic carbocycles. The van der Waals surface area contributed by atoms with Gasteiger partial charge >= 0.3 is 0 Å². The number of phenols is 1. The lowest BCUT2D eigenvalue weighted by atomic mass is 10.1. The highest BCUT2D eigenvalue weighted by Gasteiger charge is 2.04. The second-order valence-corrected chi connectivity index (χ2v) is 3.83. The van der Waals surface area contributed by atoms with Crippen LogP contribution in [0.15, 0.2) is 18.2 Å². The number of hydrogen-bond donors (Lipinski definition) is 2. The minimum Gasteiger partial charge on any atom is -0.508 e. The van der Waals surface area contributed by atoms with Gasteiger partial charge in [-0.3, -0.25) is 0 Å². The third kappa shape index (κ3) is 3.80. The number of nitrogens with one attached hydrogen (secondary N) is 1. The summed E-state index contributed by atoms with van der Waals surface area (Å²) in [6, 6.07) is 5.71. The molecular formula is C12H19NO2. The highest BCUT2D eigenvalue weighted by molar-refractivity contribution is 5.53. The quantitative estimate of drug-likeness (QED) is 0.732. The zero-order valence-electron chi connectivity index (χ0n) is 9.58. The van der Waals surface area contributed by atoms with Crippen LogP contribution in [0.4, 0.5) is 5.69 Å². The summed E-state index contributed by atoms with van der Waals surface area (Å²) in [5.41, 5.74) is 2.12. The smallest absolute Gasteiger partial charge is 0.115 e. The molecule has 0 saturated heterocycles. The van der Waals surface area contributed by atoms with Crippen LogP contribution in [-0.2, 0) is 4.74 Å². The van der Waals surface area contributed by atoms with Crippen LogP contribution in [0.25, 0.3) is 0 Å². The van der Waals surface area contributed by atoms with Crippen molar-refractivity contribution in [3.05, 3.63) is 23.8 Å². The fourth-order valence-electron chi connectivity index (χ4n) is 1.44. The minimum atomic E-state index is 0.308. The first-order valence-electron chi connectivity index (χ1n) is 5.18. The van der Waals surface area contributed by atoms with Crippen LogP contribution >= 0.6 is 0 Å². The summed E-state index contributed by atoms with van der Waals surface area (Å²) in [6.07, 6.45) is 0.969. The van der Waals surface area contributed by atoms with E-state index in [1.165, 1.54) is 0 Å². The van der Waals surface area contributed by atoms with Gasteiger partial charge in [0.2, 0.25) is 0 Å². The second kappa shape index (κ2) is 5.61. The van der Waals surface area contributed by atoms with Gasteiger partial charge in [0, 0.05) is 25.4 Å². The van der Waals surface area contributed by atoms with Gasteiger partial charge in [0.25, 0.3) is 0 Å². The van der Waals surface area contributed by atoms with Gasteiger partial charge in [0.05, 0.1) is 0 Å². The monoisotopic (exact) mass is 209 g/mol. The van der Waals surface area contributed by atoms with Crippen LogP contribution < -0.4 is 5.32 Å². The Bertz CT molecular complexity index is 312. The number of anilines is 1. The maximum Gasteiger partial charge on any atom is 0.115 e. The summed E-state index contributed by atoms with van der Waals surface area (Å²) >= 11 is 0. The summed E-state index contributed by atoms with van der Waals surface area (Å²) in [4.78, 5) is 0. The fourth-order valence-corrected chi connectivity index (χ4v) is 1.44. The minimum absolute atomic E-state index is 0.308. The lowest BCUT2D eigenvalue weighted by molar-refractivity contribution is 0.191. The molecule has 3 heteroatoms. The van der Waals surface area contributed by atoms with Gasteiger partial charge in [0.15, 0.2) is 0 Å². The molecule has 0 bridgehead atoms. The van der Waals surface area contributed by atoms with Gasteiger partial charge in [-0.2, -0.15) is 0 Å². The van der Waals surface area contributed by atoms with Gasteiger partial charge in [-0.05, 0) is 44.0 Å². The number of aryl methyl sites for hydroxylation is 1. The van der Waals surface area contributed by atoms with Crippen LogP contribution in [0.5, 0.6) is 5.75 Å². The molecule has 0 aliphatic rings. The molecule has 0 aromatic heterocycles. The lowest BCUT2D eigenvalue weighted by Crippen LogP contribution is -2.17. The molecule has 0 amide bonds. The zero-order chi connectivity index (χ0) is 11.3. The average molecular weight is 209 g/mol. The van der Waals surface area contributed by atoms with Crippen molar-refractivity contribution < 1.29 is 9.84 Å². The Hall–Kier alpha value is -1.22. The molecule has 1 rings (SSSR count). The highest BCUT2D eigenvalue weighted by Crippen LogP contribution is 2.21. The summed E-state index contributed by atoms with van der Waals surface area (Å²) in [6.45, 7) is 4.85. The van der Waals surface area contributed by atoms with Crippen molar-refractivity contribution in [2.75, 3.05) is 19.0 Å². The molecule has 15 heavy (non-hydrogen) atoms. The van der Waals surface area contributed by atoms with E-state index in [1.807, 2.05) is 13.0 Å². The van der Waals surface area contributed by atoms with Crippen LogP contribution in [0, 0.1) is 6.92 Å². The summed E-state index contributed by atoms with van der Waals surface area (Å²) in [5, 5.41) is 12.6. The lowest BCUT2D eigenvalue weighted by Gasteiger charge is -2.16. The molecule has 0 spiro atoms. The first-order valence-corrected chi connectivity index (χ1v) is 5.18. The Morgan fingerprint density at radius 2 is 2.20 bits per heavy atom. The number of rotatable bonds is 5. The Kier molecular flexibility index (Phi) is 4.43. The molecule has 0 radical (unpaired) electrons. The Labute approximate surface area is 91.1 Å². The van der Waals surface area contributed by atoms with Crippen molar-refractivity contribution >= 4 is 5.69 Å². The van der Waals surface area contributed by atoms with E-state index in [9.17, 15) is 5.11 Å². The molecule has 0 fully saturated rings. The topological polar surface area (TPSA) is 41.5 Å². The molecule has 0 aliphatic heterocycles. The Morgan fingerprint density at radius 1 is 1.47 bits per heavy atom. The van der Waals surface area contributed by atoms with Crippen LogP contribution in [0.3, 0.4) is 0 Å². The molecular weight excluding hydrogens is 190 g/mol. The van der Waals surface area contributed by atoms with Crippen LogP contribution in [0.1, 0.15) is 18.9 Å². The third-order valence-electron chi connectivity index (χ3n) is 2.37. The second-order valence-electron chi connectivity index (χ2n) is 3.83. The molecule has 0 saturated carbocycles. The molecule has 1 aromatic rings. The van der Waals surface area contributed by atoms with E-state index < -0.39 is 0 Å². The number of phenolic OH excluding ortho intramolecular Hbond substituents is 1. The van der Waals surface area contributed by atoms with Crippen molar-refractivity contribution in [1.82, 2.24) is 0 Å². The predicted octanol–water partition coefficient (Wildman–Crippen LogP) is 2.54. The Morgan fingerprint density at radius 3 is 2.80 bits per heavy atom. The Balaban J connectivity index is 2.56. The van der Waals surface area contributed by atoms with E-state index in [-0.39, 0.29) is 0 Å². The molecule has 84 valence electrons. The number of hydrogen-bond acceptors (Lipinski definition) is 3. The van der Waals surface area contributed by atoms with E-state index in [1.54, 1.807) is 19.2 Å². The van der Waals surface area contributed by atoms with Crippen LogP contribution in [-0.4, -0.2) is 24.9 Å². The van der Waals surface area contributed by atoms with Crippen molar-refractivity contribution in [1.29, 1.82) is 0 Å². The van der Waals surface area contributed by atoms with Gasteiger partial charge < -0.3 is 15.2 Å². The third-order valence-corrected chi connectivity index (χ3v) is 2.37. The zero-order valence-corrected chi connectivity index (χ0v) is 9.58. The van der Waals surface area contributed by atoms with Crippen molar-refractivity contribution in [2.45, 2.75) is 26.3 Å². The van der Waals surface area contributed by atoms with Crippen molar-refractivity contribution in [3.63, 3.8) is 0 Å². The van der Waals surface area contributed by atoms with Gasteiger partial charge in [-0.1, -0.05) is 0 Å². The first kappa shape index (κ1) is 11.9. The first-order chi connectivity index (χ1) is 7.13. The SMILES string of the molecule is COCCC(C)Nc1ccc(O)cc1C. The van der Waals surface area contributed by atoms with E-state index in [2.05, 4.69) is 12.2 Å². The number of aromatic hydroxyl groups is 1. The van der Waals surface area contributed by atoms with E-state index in [4.69, 9.17) is 4.74 Å². The van der Waals surface area contributed by atoms with Crippen LogP contribution in [0.2, 0.25) is 0 Å². The van der Waals surface area contributed by atoms with Gasteiger partial charge in [-0.15, -0.1) is 0 Å². The van der Waals surface area contributed by atoms with Gasteiger partial charge in [0.1, 0.15) is 5.75 Å². The summed E-state index contributed by atoms with van der Waals surface area (Å²) in [5.74, 6) is 0.308. The molecule has 1 atom stereocenters. The predicted molar refractivity (Wildman–Crippen MR) is 62.4 cm³/mol. The van der Waals surface area contributed by atoms with E-state index in [0.29, 0.717) is 11.8 Å². The summed E-state index contributed by atoms with van der Waals surface area (Å²) < 4.78 is 5.02. The summed E-state index contributed by atoms with van der Waals surface area (Å²) in [7, 11) is 1.71. The number of methoxy groups -OCH3 is 1. The molecule has 2 N–H and O–H groups in total.